The first-order chi connectivity index (χ1) is 12.8. The van der Waals surface area contributed by atoms with Crippen LogP contribution in [0.5, 0.6) is 5.75 Å². The van der Waals surface area contributed by atoms with Crippen LogP contribution in [0.4, 0.5) is 14.9 Å². The van der Waals surface area contributed by atoms with E-state index in [-0.39, 0.29) is 21.5 Å². The van der Waals surface area contributed by atoms with E-state index in [1.165, 1.54) is 30.5 Å². The number of phenolic OH excluding ortho intramolecular Hbond substituents is 1. The van der Waals surface area contributed by atoms with Crippen molar-refractivity contribution in [3.63, 3.8) is 0 Å². The molecule has 8 heteroatoms. The van der Waals surface area contributed by atoms with Gasteiger partial charge in [-0.3, -0.25) is 5.32 Å². The van der Waals surface area contributed by atoms with Crippen LogP contribution in [0.2, 0.25) is 10.0 Å². The molecule has 0 spiro atoms. The zero-order valence-electron chi connectivity index (χ0n) is 14.0. The third kappa shape index (κ3) is 4.35. The van der Waals surface area contributed by atoms with Gasteiger partial charge >= 0.3 is 6.09 Å². The Hall–Kier alpha value is -2.70. The Morgan fingerprint density at radius 3 is 2.56 bits per heavy atom. The first kappa shape index (κ1) is 19.1. The van der Waals surface area contributed by atoms with E-state index in [4.69, 9.17) is 32.4 Å². The van der Waals surface area contributed by atoms with Crippen LogP contribution in [-0.4, -0.2) is 11.2 Å². The van der Waals surface area contributed by atoms with E-state index in [9.17, 15) is 14.3 Å². The van der Waals surface area contributed by atoms with Crippen molar-refractivity contribution in [2.75, 3.05) is 5.32 Å². The standard InChI is InChI=1S/C19H14Cl2FNO4/c1-10(14-7-4-12(22)8-15(14)20)27-19(25)23-17-16(21)9-26-18(17)11-2-5-13(24)6-3-11/h2-10,24H,1H3,(H,23,25)/t10-/m1/s1. The molecule has 1 atom stereocenters. The highest BCUT2D eigenvalue weighted by Gasteiger charge is 2.20. The van der Waals surface area contributed by atoms with Gasteiger partial charge in [-0.05, 0) is 43.3 Å². The van der Waals surface area contributed by atoms with E-state index in [2.05, 4.69) is 5.32 Å². The fourth-order valence-corrected chi connectivity index (χ4v) is 2.96. The molecule has 0 bridgehead atoms. The van der Waals surface area contributed by atoms with Crippen LogP contribution < -0.4 is 5.32 Å². The van der Waals surface area contributed by atoms with Gasteiger partial charge in [-0.15, -0.1) is 0 Å². The molecule has 1 amide bonds. The minimum atomic E-state index is -0.786. The van der Waals surface area contributed by atoms with Crippen molar-refractivity contribution >= 4 is 35.0 Å². The molecule has 3 aromatic rings. The third-order valence-electron chi connectivity index (χ3n) is 3.79. The molecular weight excluding hydrogens is 396 g/mol. The number of hydrogen-bond acceptors (Lipinski definition) is 4. The van der Waals surface area contributed by atoms with Gasteiger partial charge in [0.05, 0.1) is 5.02 Å². The normalized spacial score (nSPS) is 11.9. The molecule has 3 rings (SSSR count). The second-order valence-electron chi connectivity index (χ2n) is 5.67. The summed E-state index contributed by atoms with van der Waals surface area (Å²) in [4.78, 5) is 12.3. The number of aromatic hydroxyl groups is 1. The number of benzene rings is 2. The lowest BCUT2D eigenvalue weighted by atomic mass is 10.1. The molecule has 1 heterocycles. The summed E-state index contributed by atoms with van der Waals surface area (Å²) in [6.07, 6.45) is -0.230. The minimum absolute atomic E-state index is 0.0929. The fourth-order valence-electron chi connectivity index (χ4n) is 2.47. The van der Waals surface area contributed by atoms with Crippen molar-refractivity contribution in [2.45, 2.75) is 13.0 Å². The highest BCUT2D eigenvalue weighted by atomic mass is 35.5. The average Bonchev–Trinajstić information content (AvgIpc) is 2.96. The number of amides is 1. The van der Waals surface area contributed by atoms with Crippen molar-refractivity contribution < 1.29 is 23.4 Å². The summed E-state index contributed by atoms with van der Waals surface area (Å²) in [7, 11) is 0. The molecular formula is C19H14Cl2FNO4. The highest BCUT2D eigenvalue weighted by Crippen LogP contribution is 2.37. The van der Waals surface area contributed by atoms with Gasteiger partial charge in [-0.25, -0.2) is 9.18 Å². The number of rotatable bonds is 4. The Kier molecular flexibility index (Phi) is 5.58. The van der Waals surface area contributed by atoms with E-state index in [0.717, 1.165) is 6.07 Å². The summed E-state index contributed by atoms with van der Waals surface area (Å²) < 4.78 is 23.9. The molecule has 2 aromatic carbocycles. The molecule has 0 saturated heterocycles. The number of ether oxygens (including phenoxy) is 1. The number of nitrogens with one attached hydrogen (secondary N) is 1. The maximum absolute atomic E-state index is 13.2. The lowest BCUT2D eigenvalue weighted by Gasteiger charge is -2.15. The Labute approximate surface area is 164 Å². The maximum atomic E-state index is 13.2. The van der Waals surface area contributed by atoms with E-state index in [0.29, 0.717) is 16.9 Å². The molecule has 0 aliphatic heterocycles. The van der Waals surface area contributed by atoms with Gasteiger partial charge in [0.2, 0.25) is 0 Å². The molecule has 140 valence electrons. The summed E-state index contributed by atoms with van der Waals surface area (Å²) in [6.45, 7) is 1.61. The van der Waals surface area contributed by atoms with Crippen molar-refractivity contribution in [1.82, 2.24) is 0 Å². The topological polar surface area (TPSA) is 71.7 Å². The first-order valence-electron chi connectivity index (χ1n) is 7.84. The second-order valence-corrected chi connectivity index (χ2v) is 6.49. The van der Waals surface area contributed by atoms with E-state index < -0.39 is 18.0 Å². The summed E-state index contributed by atoms with van der Waals surface area (Å²) >= 11 is 12.1. The van der Waals surface area contributed by atoms with Crippen molar-refractivity contribution in [3.8, 4) is 17.1 Å². The first-order valence-corrected chi connectivity index (χ1v) is 8.59. The van der Waals surface area contributed by atoms with Crippen LogP contribution in [0, 0.1) is 5.82 Å². The van der Waals surface area contributed by atoms with E-state index >= 15 is 0 Å². The summed E-state index contributed by atoms with van der Waals surface area (Å²) in [5.41, 5.74) is 1.29. The molecule has 5 nitrogen and oxygen atoms in total. The Morgan fingerprint density at radius 1 is 1.19 bits per heavy atom. The summed E-state index contributed by atoms with van der Waals surface area (Å²) in [5.74, 6) is -0.0798. The Bertz CT molecular complexity index is 972. The summed E-state index contributed by atoms with van der Waals surface area (Å²) in [6, 6.07) is 10.0. The molecule has 0 radical (unpaired) electrons. The van der Waals surface area contributed by atoms with Gasteiger partial charge in [0.1, 0.15) is 34.6 Å². The Morgan fingerprint density at radius 2 is 1.89 bits per heavy atom. The van der Waals surface area contributed by atoms with Crippen LogP contribution in [0.1, 0.15) is 18.6 Å². The highest BCUT2D eigenvalue weighted by molar-refractivity contribution is 6.34. The predicted octanol–water partition coefficient (Wildman–Crippen LogP) is 6.41. The fraction of sp³-hybridized carbons (Fsp3) is 0.105. The number of anilines is 1. The van der Waals surface area contributed by atoms with Crippen LogP contribution in [-0.2, 0) is 4.74 Å². The zero-order valence-corrected chi connectivity index (χ0v) is 15.5. The smallest absolute Gasteiger partial charge is 0.412 e. The quantitative estimate of drug-likeness (QED) is 0.522. The van der Waals surface area contributed by atoms with Crippen LogP contribution >= 0.6 is 23.2 Å². The number of hydrogen-bond donors (Lipinski definition) is 2. The Balaban J connectivity index is 1.76. The minimum Gasteiger partial charge on any atom is -0.508 e. The SMILES string of the molecule is C[C@@H](OC(=O)Nc1c(Cl)coc1-c1ccc(O)cc1)c1ccc(F)cc1Cl. The number of halogens is 3. The largest absolute Gasteiger partial charge is 0.508 e. The average molecular weight is 410 g/mol. The zero-order chi connectivity index (χ0) is 19.6. The molecule has 0 saturated carbocycles. The van der Waals surface area contributed by atoms with Gasteiger partial charge in [0.15, 0.2) is 5.76 Å². The molecule has 1 aromatic heterocycles. The molecule has 0 aliphatic carbocycles. The van der Waals surface area contributed by atoms with Gasteiger partial charge in [-0.1, -0.05) is 29.3 Å². The van der Waals surface area contributed by atoms with Crippen LogP contribution in [0.15, 0.2) is 53.1 Å². The van der Waals surface area contributed by atoms with Gasteiger partial charge in [0.25, 0.3) is 0 Å². The maximum Gasteiger partial charge on any atom is 0.412 e. The number of phenols is 1. The van der Waals surface area contributed by atoms with E-state index in [1.54, 1.807) is 19.1 Å². The predicted molar refractivity (Wildman–Crippen MR) is 101 cm³/mol. The van der Waals surface area contributed by atoms with Gasteiger partial charge < -0.3 is 14.3 Å². The number of carbonyl (C=O) groups is 1. The molecule has 0 fully saturated rings. The van der Waals surface area contributed by atoms with Gasteiger partial charge in [0, 0.05) is 11.1 Å². The molecule has 27 heavy (non-hydrogen) atoms. The lowest BCUT2D eigenvalue weighted by Crippen LogP contribution is -2.16. The van der Waals surface area contributed by atoms with Gasteiger partial charge in [-0.2, -0.15) is 0 Å². The second kappa shape index (κ2) is 7.90. The number of furan rings is 1. The molecule has 0 unspecified atom stereocenters. The van der Waals surface area contributed by atoms with Crippen LogP contribution in [0.3, 0.4) is 0 Å². The van der Waals surface area contributed by atoms with Crippen molar-refractivity contribution in [3.05, 3.63) is 70.2 Å². The summed E-state index contributed by atoms with van der Waals surface area (Å²) in [5, 5.41) is 12.3. The lowest BCUT2D eigenvalue weighted by molar-refractivity contribution is 0.121. The number of carbonyl (C=O) groups excluding carboxylic acids is 1. The molecule has 2 N–H and O–H groups in total. The third-order valence-corrected chi connectivity index (χ3v) is 4.39. The monoisotopic (exact) mass is 409 g/mol. The van der Waals surface area contributed by atoms with Crippen LogP contribution in [0.25, 0.3) is 11.3 Å². The van der Waals surface area contributed by atoms with E-state index in [1.807, 2.05) is 0 Å². The van der Waals surface area contributed by atoms with Crippen molar-refractivity contribution in [1.29, 1.82) is 0 Å². The van der Waals surface area contributed by atoms with Crippen molar-refractivity contribution in [2.24, 2.45) is 0 Å². The molecule has 0 aliphatic rings.